The van der Waals surface area contributed by atoms with Crippen molar-refractivity contribution in [3.05, 3.63) is 16.0 Å². The smallest absolute Gasteiger partial charge is 0.243 e. The highest BCUT2D eigenvalue weighted by atomic mass is 32.2. The summed E-state index contributed by atoms with van der Waals surface area (Å²) in [6, 6.07) is 1.40. The summed E-state index contributed by atoms with van der Waals surface area (Å²) in [5, 5.41) is 12.5. The topological polar surface area (TPSA) is 90.3 Å². The molecule has 1 N–H and O–H groups in total. The van der Waals surface area contributed by atoms with E-state index >= 15 is 0 Å². The first-order chi connectivity index (χ1) is 10.3. The highest BCUT2D eigenvalue weighted by Gasteiger charge is 2.35. The number of aryl methyl sites for hydroxylation is 1. The van der Waals surface area contributed by atoms with Crippen molar-refractivity contribution in [2.45, 2.75) is 39.2 Å². The first kappa shape index (κ1) is 16.9. The van der Waals surface area contributed by atoms with Gasteiger partial charge in [-0.25, -0.2) is 8.42 Å². The first-order valence-corrected chi connectivity index (χ1v) is 9.70. The molecule has 1 fully saturated rings. The van der Waals surface area contributed by atoms with Gasteiger partial charge in [-0.15, -0.1) is 11.3 Å². The minimum Gasteiger partial charge on any atom is -0.315 e. The molecule has 1 amide bonds. The van der Waals surface area contributed by atoms with Crippen LogP contribution in [0.3, 0.4) is 0 Å². The number of nitrogens with one attached hydrogen (secondary N) is 1. The fourth-order valence-corrected chi connectivity index (χ4v) is 4.75. The van der Waals surface area contributed by atoms with Crippen LogP contribution < -0.4 is 5.32 Å². The van der Waals surface area contributed by atoms with Gasteiger partial charge in [0.15, 0.2) is 0 Å². The number of piperidine rings is 1. The Kier molecular flexibility index (Phi) is 4.90. The normalized spacial score (nSPS) is 19.6. The number of nitrogens with zero attached hydrogens (tertiary/aromatic N) is 2. The lowest BCUT2D eigenvalue weighted by Gasteiger charge is -2.32. The van der Waals surface area contributed by atoms with Gasteiger partial charge in [-0.3, -0.25) is 4.79 Å². The lowest BCUT2D eigenvalue weighted by atomic mass is 10.0. The fourth-order valence-electron chi connectivity index (χ4n) is 2.61. The van der Waals surface area contributed by atoms with Crippen LogP contribution in [0.25, 0.3) is 0 Å². The zero-order valence-corrected chi connectivity index (χ0v) is 14.5. The Labute approximate surface area is 134 Å². The van der Waals surface area contributed by atoms with Crippen LogP contribution in [-0.4, -0.2) is 37.5 Å². The van der Waals surface area contributed by atoms with E-state index in [0.717, 1.165) is 29.5 Å². The molecule has 0 aliphatic carbocycles. The lowest BCUT2D eigenvalue weighted by molar-refractivity contribution is -0.120. The molecule has 1 aromatic heterocycles. The summed E-state index contributed by atoms with van der Waals surface area (Å²) in [5.41, 5.74) is 1.31. The number of rotatable bonds is 3. The van der Waals surface area contributed by atoms with E-state index in [0.29, 0.717) is 23.5 Å². The van der Waals surface area contributed by atoms with Crippen molar-refractivity contribution in [1.29, 1.82) is 5.26 Å². The van der Waals surface area contributed by atoms with Crippen molar-refractivity contribution in [1.82, 2.24) is 4.31 Å². The van der Waals surface area contributed by atoms with Gasteiger partial charge >= 0.3 is 0 Å². The van der Waals surface area contributed by atoms with Crippen LogP contribution in [0.2, 0.25) is 0 Å². The third kappa shape index (κ3) is 3.32. The minimum absolute atomic E-state index is 0.358. The molecule has 1 atom stereocenters. The predicted molar refractivity (Wildman–Crippen MR) is 86.3 cm³/mol. The molecule has 2 heterocycles. The average Bonchev–Trinajstić information content (AvgIpc) is 2.72. The molecule has 22 heavy (non-hydrogen) atoms. The monoisotopic (exact) mass is 341 g/mol. The van der Waals surface area contributed by atoms with Gasteiger partial charge in [-0.1, -0.05) is 6.42 Å². The van der Waals surface area contributed by atoms with Gasteiger partial charge in [-0.2, -0.15) is 9.57 Å². The molecular formula is C14H19N3O3S2. The summed E-state index contributed by atoms with van der Waals surface area (Å²) in [6.07, 6.45) is 3.21. The molecule has 8 heteroatoms. The average molecular weight is 341 g/mol. The van der Waals surface area contributed by atoms with Gasteiger partial charge in [0.2, 0.25) is 15.9 Å². The summed E-state index contributed by atoms with van der Waals surface area (Å²) in [6.45, 7) is 4.09. The summed E-state index contributed by atoms with van der Waals surface area (Å²) in [5.74, 6) is -0.358. The van der Waals surface area contributed by atoms with E-state index in [9.17, 15) is 18.5 Å². The number of nitriles is 1. The Hall–Kier alpha value is -1.43. The molecule has 1 aliphatic rings. The summed E-state index contributed by atoms with van der Waals surface area (Å²) >= 11 is 1.34. The van der Waals surface area contributed by atoms with Gasteiger partial charge in [0, 0.05) is 11.4 Å². The molecule has 0 radical (unpaired) electrons. The maximum absolute atomic E-state index is 12.5. The molecule has 1 aromatic rings. The SMILES string of the molecule is Cc1sc(NC(=O)[C@H]2CCCCN2S(C)(=O)=O)c(C#N)c1C. The molecular weight excluding hydrogens is 322 g/mol. The Morgan fingerprint density at radius 1 is 1.41 bits per heavy atom. The van der Waals surface area contributed by atoms with Gasteiger partial charge in [0.25, 0.3) is 0 Å². The van der Waals surface area contributed by atoms with E-state index < -0.39 is 16.1 Å². The van der Waals surface area contributed by atoms with Gasteiger partial charge < -0.3 is 5.32 Å². The molecule has 0 spiro atoms. The van der Waals surface area contributed by atoms with Crippen LogP contribution >= 0.6 is 11.3 Å². The van der Waals surface area contributed by atoms with Gasteiger partial charge in [0.1, 0.15) is 17.1 Å². The second-order valence-corrected chi connectivity index (χ2v) is 8.63. The molecule has 0 unspecified atom stereocenters. The van der Waals surface area contributed by atoms with E-state index in [1.165, 1.54) is 15.6 Å². The maximum atomic E-state index is 12.5. The van der Waals surface area contributed by atoms with Crippen molar-refractivity contribution in [3.8, 4) is 6.07 Å². The van der Waals surface area contributed by atoms with Crippen LogP contribution in [0.4, 0.5) is 5.00 Å². The Morgan fingerprint density at radius 3 is 2.68 bits per heavy atom. The maximum Gasteiger partial charge on any atom is 0.243 e. The zero-order valence-electron chi connectivity index (χ0n) is 12.8. The van der Waals surface area contributed by atoms with Crippen LogP contribution in [0.5, 0.6) is 0 Å². The lowest BCUT2D eigenvalue weighted by Crippen LogP contribution is -2.49. The van der Waals surface area contributed by atoms with Gasteiger partial charge in [0.05, 0.1) is 11.8 Å². The van der Waals surface area contributed by atoms with E-state index in [4.69, 9.17) is 0 Å². The number of carbonyl (C=O) groups is 1. The second kappa shape index (κ2) is 6.36. The molecule has 6 nitrogen and oxygen atoms in total. The van der Waals surface area contributed by atoms with Crippen LogP contribution in [0.15, 0.2) is 0 Å². The fraction of sp³-hybridized carbons (Fsp3) is 0.571. The number of carbonyl (C=O) groups excluding carboxylic acids is 1. The third-order valence-corrected chi connectivity index (χ3v) is 6.33. The van der Waals surface area contributed by atoms with Crippen LogP contribution in [-0.2, 0) is 14.8 Å². The number of sulfonamides is 1. The quantitative estimate of drug-likeness (QED) is 0.910. The molecule has 2 rings (SSSR count). The molecule has 1 saturated heterocycles. The number of hydrogen-bond donors (Lipinski definition) is 1. The van der Waals surface area contributed by atoms with Crippen molar-refractivity contribution >= 4 is 32.3 Å². The third-order valence-electron chi connectivity index (χ3n) is 3.92. The van der Waals surface area contributed by atoms with Crippen molar-refractivity contribution in [3.63, 3.8) is 0 Å². The van der Waals surface area contributed by atoms with Gasteiger partial charge in [-0.05, 0) is 32.3 Å². The highest BCUT2D eigenvalue weighted by molar-refractivity contribution is 7.88. The van der Waals surface area contributed by atoms with Crippen LogP contribution in [0, 0.1) is 25.2 Å². The van der Waals surface area contributed by atoms with Crippen molar-refractivity contribution in [2.24, 2.45) is 0 Å². The first-order valence-electron chi connectivity index (χ1n) is 7.03. The number of hydrogen-bond acceptors (Lipinski definition) is 5. The van der Waals surface area contributed by atoms with E-state index in [1.54, 1.807) is 0 Å². The highest BCUT2D eigenvalue weighted by Crippen LogP contribution is 2.32. The molecule has 0 saturated carbocycles. The molecule has 1 aliphatic heterocycles. The number of amides is 1. The van der Waals surface area contributed by atoms with Crippen molar-refractivity contribution < 1.29 is 13.2 Å². The standard InChI is InChI=1S/C14H19N3O3S2/c1-9-10(2)21-14(11(9)8-15)16-13(18)12-6-4-5-7-17(12)22(3,19)20/h12H,4-7H2,1-3H3,(H,16,18)/t12-/m1/s1. The number of thiophene rings is 1. The summed E-state index contributed by atoms with van der Waals surface area (Å²) in [4.78, 5) is 13.5. The second-order valence-electron chi connectivity index (χ2n) is 5.47. The minimum atomic E-state index is -3.42. The Bertz CT molecular complexity index is 731. The summed E-state index contributed by atoms with van der Waals surface area (Å²) < 4.78 is 24.9. The van der Waals surface area contributed by atoms with E-state index in [2.05, 4.69) is 11.4 Å². The van der Waals surface area contributed by atoms with E-state index in [1.807, 2.05) is 13.8 Å². The molecule has 0 bridgehead atoms. The predicted octanol–water partition coefficient (Wildman–Crippen LogP) is 1.99. The summed E-state index contributed by atoms with van der Waals surface area (Å²) in [7, 11) is -3.42. The number of anilines is 1. The Balaban J connectivity index is 2.25. The molecule has 120 valence electrons. The zero-order chi connectivity index (χ0) is 16.5. The Morgan fingerprint density at radius 2 is 2.09 bits per heavy atom. The van der Waals surface area contributed by atoms with Crippen LogP contribution in [0.1, 0.15) is 35.3 Å². The van der Waals surface area contributed by atoms with Crippen molar-refractivity contribution in [2.75, 3.05) is 18.1 Å². The van der Waals surface area contributed by atoms with E-state index in [-0.39, 0.29) is 5.91 Å². The largest absolute Gasteiger partial charge is 0.315 e. The molecule has 0 aromatic carbocycles.